The Bertz CT molecular complexity index is 443. The number of carbonyl (C=O) groups excluding carboxylic acids is 1. The van der Waals surface area contributed by atoms with Gasteiger partial charge < -0.3 is 15.7 Å². The molecule has 5 nitrogen and oxygen atoms in total. The van der Waals surface area contributed by atoms with Gasteiger partial charge >= 0.3 is 5.97 Å². The SMILES string of the molecule is O=C(CNCC1CC1)N[C@@H](C(=O)O)c1ccccc1. The Morgan fingerprint density at radius 2 is 1.95 bits per heavy atom. The highest BCUT2D eigenvalue weighted by molar-refractivity contribution is 5.85. The minimum Gasteiger partial charge on any atom is -0.479 e. The molecular weight excluding hydrogens is 244 g/mol. The summed E-state index contributed by atoms with van der Waals surface area (Å²) in [5, 5.41) is 14.7. The lowest BCUT2D eigenvalue weighted by Gasteiger charge is -2.15. The molecule has 1 saturated carbocycles. The molecule has 0 saturated heterocycles. The monoisotopic (exact) mass is 262 g/mol. The van der Waals surface area contributed by atoms with Crippen molar-refractivity contribution in [3.63, 3.8) is 0 Å². The maximum atomic E-state index is 11.7. The van der Waals surface area contributed by atoms with E-state index in [2.05, 4.69) is 10.6 Å². The molecule has 1 aromatic rings. The minimum absolute atomic E-state index is 0.160. The molecule has 0 aliphatic heterocycles. The Labute approximate surface area is 112 Å². The van der Waals surface area contributed by atoms with Crippen molar-refractivity contribution in [3.05, 3.63) is 35.9 Å². The van der Waals surface area contributed by atoms with E-state index in [-0.39, 0.29) is 12.5 Å². The molecule has 1 aromatic carbocycles. The molecule has 1 atom stereocenters. The van der Waals surface area contributed by atoms with Crippen molar-refractivity contribution in [2.24, 2.45) is 5.92 Å². The Balaban J connectivity index is 1.85. The zero-order valence-corrected chi connectivity index (χ0v) is 10.6. The number of hydrogen-bond donors (Lipinski definition) is 3. The van der Waals surface area contributed by atoms with Crippen molar-refractivity contribution in [1.29, 1.82) is 0 Å². The van der Waals surface area contributed by atoms with Crippen LogP contribution in [0.15, 0.2) is 30.3 Å². The van der Waals surface area contributed by atoms with Gasteiger partial charge in [-0.25, -0.2) is 4.79 Å². The molecule has 19 heavy (non-hydrogen) atoms. The molecule has 3 N–H and O–H groups in total. The summed E-state index contributed by atoms with van der Waals surface area (Å²) in [5.74, 6) is -0.657. The van der Waals surface area contributed by atoms with E-state index in [1.54, 1.807) is 30.3 Å². The Morgan fingerprint density at radius 3 is 2.53 bits per heavy atom. The highest BCUT2D eigenvalue weighted by Crippen LogP contribution is 2.27. The summed E-state index contributed by atoms with van der Waals surface area (Å²) in [6.45, 7) is 0.990. The fraction of sp³-hybridized carbons (Fsp3) is 0.429. The van der Waals surface area contributed by atoms with Crippen molar-refractivity contribution in [2.75, 3.05) is 13.1 Å². The first-order chi connectivity index (χ1) is 9.16. The molecule has 102 valence electrons. The Hall–Kier alpha value is -1.88. The van der Waals surface area contributed by atoms with Gasteiger partial charge in [0.1, 0.15) is 0 Å². The van der Waals surface area contributed by atoms with Crippen LogP contribution < -0.4 is 10.6 Å². The molecule has 0 radical (unpaired) electrons. The predicted molar refractivity (Wildman–Crippen MR) is 70.6 cm³/mol. The fourth-order valence-electron chi connectivity index (χ4n) is 1.86. The number of carboxylic acids is 1. The molecule has 5 heteroatoms. The second kappa shape index (κ2) is 6.33. The number of carbonyl (C=O) groups is 2. The normalized spacial score (nSPS) is 15.8. The van der Waals surface area contributed by atoms with Crippen LogP contribution in [0, 0.1) is 5.92 Å². The van der Waals surface area contributed by atoms with E-state index < -0.39 is 12.0 Å². The van der Waals surface area contributed by atoms with E-state index >= 15 is 0 Å². The van der Waals surface area contributed by atoms with Crippen LogP contribution in [0.25, 0.3) is 0 Å². The molecule has 2 rings (SSSR count). The summed E-state index contributed by atoms with van der Waals surface area (Å²) in [7, 11) is 0. The largest absolute Gasteiger partial charge is 0.479 e. The van der Waals surface area contributed by atoms with Gasteiger partial charge in [-0.3, -0.25) is 4.79 Å². The van der Waals surface area contributed by atoms with E-state index in [1.807, 2.05) is 0 Å². The van der Waals surface area contributed by atoms with E-state index in [0.717, 1.165) is 6.54 Å². The van der Waals surface area contributed by atoms with Crippen LogP contribution in [0.4, 0.5) is 0 Å². The fourth-order valence-corrected chi connectivity index (χ4v) is 1.86. The van der Waals surface area contributed by atoms with E-state index in [0.29, 0.717) is 11.5 Å². The number of nitrogens with one attached hydrogen (secondary N) is 2. The quantitative estimate of drug-likeness (QED) is 0.683. The van der Waals surface area contributed by atoms with Crippen LogP contribution in [0.3, 0.4) is 0 Å². The van der Waals surface area contributed by atoms with Crippen molar-refractivity contribution in [1.82, 2.24) is 10.6 Å². The summed E-state index contributed by atoms with van der Waals surface area (Å²) in [4.78, 5) is 22.9. The lowest BCUT2D eigenvalue weighted by Crippen LogP contribution is -2.39. The number of rotatable bonds is 7. The van der Waals surface area contributed by atoms with Crippen LogP contribution in [-0.4, -0.2) is 30.1 Å². The van der Waals surface area contributed by atoms with Gasteiger partial charge in [0.2, 0.25) is 5.91 Å². The summed E-state index contributed by atoms with van der Waals surface area (Å²) in [6, 6.07) is 7.71. The van der Waals surface area contributed by atoms with E-state index in [4.69, 9.17) is 5.11 Å². The van der Waals surface area contributed by atoms with Crippen molar-refractivity contribution >= 4 is 11.9 Å². The second-order valence-corrected chi connectivity index (χ2v) is 4.82. The van der Waals surface area contributed by atoms with Gasteiger partial charge in [0.15, 0.2) is 6.04 Å². The van der Waals surface area contributed by atoms with Gasteiger partial charge in [0, 0.05) is 0 Å². The zero-order chi connectivity index (χ0) is 13.7. The van der Waals surface area contributed by atoms with Gasteiger partial charge in [-0.2, -0.15) is 0 Å². The molecular formula is C14H18N2O3. The maximum absolute atomic E-state index is 11.7. The van der Waals surface area contributed by atoms with Gasteiger partial charge in [-0.15, -0.1) is 0 Å². The average Bonchev–Trinajstić information content (AvgIpc) is 3.21. The second-order valence-electron chi connectivity index (χ2n) is 4.82. The number of hydrogen-bond acceptors (Lipinski definition) is 3. The molecule has 1 amide bonds. The standard InChI is InChI=1S/C14H18N2O3/c17-12(9-15-8-10-6-7-10)16-13(14(18)19)11-4-2-1-3-5-11/h1-5,10,13,15H,6-9H2,(H,16,17)(H,18,19)/t13-/m1/s1. The van der Waals surface area contributed by atoms with Gasteiger partial charge in [-0.05, 0) is 30.9 Å². The first-order valence-corrected chi connectivity index (χ1v) is 6.44. The summed E-state index contributed by atoms with van der Waals surface area (Å²) >= 11 is 0. The third kappa shape index (κ3) is 4.37. The summed E-state index contributed by atoms with van der Waals surface area (Å²) in [5.41, 5.74) is 0.575. The van der Waals surface area contributed by atoms with E-state index in [1.165, 1.54) is 12.8 Å². The van der Waals surface area contributed by atoms with Crippen LogP contribution in [0.2, 0.25) is 0 Å². The lowest BCUT2D eigenvalue weighted by atomic mass is 10.1. The third-order valence-corrected chi connectivity index (χ3v) is 3.10. The van der Waals surface area contributed by atoms with Crippen molar-refractivity contribution < 1.29 is 14.7 Å². The maximum Gasteiger partial charge on any atom is 0.330 e. The van der Waals surface area contributed by atoms with E-state index in [9.17, 15) is 9.59 Å². The van der Waals surface area contributed by atoms with Crippen LogP contribution >= 0.6 is 0 Å². The molecule has 0 aromatic heterocycles. The Kier molecular flexibility index (Phi) is 4.52. The first-order valence-electron chi connectivity index (χ1n) is 6.44. The first kappa shape index (κ1) is 13.5. The molecule has 0 unspecified atom stereocenters. The highest BCUT2D eigenvalue weighted by Gasteiger charge is 2.23. The number of benzene rings is 1. The van der Waals surface area contributed by atoms with Gasteiger partial charge in [0.05, 0.1) is 6.54 Å². The highest BCUT2D eigenvalue weighted by atomic mass is 16.4. The van der Waals surface area contributed by atoms with Crippen molar-refractivity contribution in [3.8, 4) is 0 Å². The van der Waals surface area contributed by atoms with Crippen molar-refractivity contribution in [2.45, 2.75) is 18.9 Å². The molecule has 0 spiro atoms. The van der Waals surface area contributed by atoms with Crippen LogP contribution in [-0.2, 0) is 9.59 Å². The zero-order valence-electron chi connectivity index (χ0n) is 10.6. The van der Waals surface area contributed by atoms with Crippen LogP contribution in [0.5, 0.6) is 0 Å². The number of amides is 1. The molecule has 0 bridgehead atoms. The molecule has 0 heterocycles. The average molecular weight is 262 g/mol. The molecule has 1 fully saturated rings. The molecule has 1 aliphatic carbocycles. The summed E-state index contributed by atoms with van der Waals surface area (Å²) in [6.07, 6.45) is 2.44. The minimum atomic E-state index is -1.05. The Morgan fingerprint density at radius 1 is 1.26 bits per heavy atom. The predicted octanol–water partition coefficient (Wildman–Crippen LogP) is 0.928. The van der Waals surface area contributed by atoms with Gasteiger partial charge in [0.25, 0.3) is 0 Å². The van der Waals surface area contributed by atoms with Crippen LogP contribution in [0.1, 0.15) is 24.4 Å². The van der Waals surface area contributed by atoms with Gasteiger partial charge in [-0.1, -0.05) is 30.3 Å². The molecule has 1 aliphatic rings. The summed E-state index contributed by atoms with van der Waals surface area (Å²) < 4.78 is 0. The topological polar surface area (TPSA) is 78.4 Å². The number of carboxylic acid groups (broad SMARTS) is 1. The number of aliphatic carboxylic acids is 1. The smallest absolute Gasteiger partial charge is 0.330 e. The lowest BCUT2D eigenvalue weighted by molar-refractivity contribution is -0.141. The third-order valence-electron chi connectivity index (χ3n) is 3.10.